The van der Waals surface area contributed by atoms with Gasteiger partial charge in [-0.15, -0.1) is 0 Å². The summed E-state index contributed by atoms with van der Waals surface area (Å²) in [7, 11) is 0. The Morgan fingerprint density at radius 3 is 1.96 bits per heavy atom. The summed E-state index contributed by atoms with van der Waals surface area (Å²) in [5.74, 6) is 0.698. The molecule has 1 aliphatic rings. The monoisotopic (exact) mass is 575 g/mol. The minimum atomic E-state index is -0.199. The Labute approximate surface area is 263 Å². The molecule has 45 heavy (non-hydrogen) atoms. The SMILES string of the molecule is CC1(C)c2cccc(C#N)c2-c2c(-c3cccc(-c4cc(-c5ccccc5)nc(-c5cccc6ccccc56)n4)c3)cccc21. The third-order valence-corrected chi connectivity index (χ3v) is 9.14. The average Bonchev–Trinajstić information content (AvgIpc) is 3.34. The first kappa shape index (κ1) is 26.8. The van der Waals surface area contributed by atoms with Crippen molar-refractivity contribution in [2.75, 3.05) is 0 Å². The van der Waals surface area contributed by atoms with Crippen LogP contribution in [-0.4, -0.2) is 9.97 Å². The highest BCUT2D eigenvalue weighted by Gasteiger charge is 2.38. The van der Waals surface area contributed by atoms with Gasteiger partial charge in [-0.05, 0) is 56.8 Å². The van der Waals surface area contributed by atoms with E-state index in [9.17, 15) is 5.26 Å². The lowest BCUT2D eigenvalue weighted by Crippen LogP contribution is -2.14. The quantitative estimate of drug-likeness (QED) is 0.210. The van der Waals surface area contributed by atoms with Gasteiger partial charge in [-0.3, -0.25) is 0 Å². The molecule has 0 atom stereocenters. The zero-order valence-corrected chi connectivity index (χ0v) is 25.1. The van der Waals surface area contributed by atoms with E-state index < -0.39 is 0 Å². The molecular weight excluding hydrogens is 546 g/mol. The van der Waals surface area contributed by atoms with Gasteiger partial charge in [0.25, 0.3) is 0 Å². The fourth-order valence-corrected chi connectivity index (χ4v) is 6.90. The molecule has 0 aliphatic heterocycles. The van der Waals surface area contributed by atoms with E-state index in [0.29, 0.717) is 11.4 Å². The van der Waals surface area contributed by atoms with Gasteiger partial charge in [-0.2, -0.15) is 5.26 Å². The summed E-state index contributed by atoms with van der Waals surface area (Å²) < 4.78 is 0. The minimum absolute atomic E-state index is 0.199. The zero-order valence-electron chi connectivity index (χ0n) is 25.1. The molecule has 0 saturated heterocycles. The molecule has 3 heteroatoms. The van der Waals surface area contributed by atoms with Crippen LogP contribution in [0.3, 0.4) is 0 Å². The first-order chi connectivity index (χ1) is 22.0. The molecule has 1 heterocycles. The van der Waals surface area contributed by atoms with Crippen molar-refractivity contribution in [3.05, 3.63) is 156 Å². The van der Waals surface area contributed by atoms with E-state index >= 15 is 0 Å². The van der Waals surface area contributed by atoms with Crippen molar-refractivity contribution in [2.24, 2.45) is 0 Å². The van der Waals surface area contributed by atoms with E-state index in [2.05, 4.69) is 129 Å². The van der Waals surface area contributed by atoms with Crippen molar-refractivity contribution in [1.29, 1.82) is 5.26 Å². The first-order valence-corrected chi connectivity index (χ1v) is 15.2. The molecule has 1 aromatic heterocycles. The highest BCUT2D eigenvalue weighted by atomic mass is 14.9. The number of hydrogen-bond acceptors (Lipinski definition) is 3. The summed E-state index contributed by atoms with van der Waals surface area (Å²) in [5, 5.41) is 12.4. The highest BCUT2D eigenvalue weighted by molar-refractivity contribution is 5.97. The molecule has 0 amide bonds. The Bertz CT molecular complexity index is 2300. The fourth-order valence-electron chi connectivity index (χ4n) is 6.90. The second-order valence-electron chi connectivity index (χ2n) is 12.1. The first-order valence-electron chi connectivity index (χ1n) is 15.2. The smallest absolute Gasteiger partial charge is 0.161 e. The summed E-state index contributed by atoms with van der Waals surface area (Å²) >= 11 is 0. The van der Waals surface area contributed by atoms with Crippen LogP contribution in [0.1, 0.15) is 30.5 Å². The highest BCUT2D eigenvalue weighted by Crippen LogP contribution is 2.53. The van der Waals surface area contributed by atoms with Gasteiger partial charge in [0.2, 0.25) is 0 Å². The normalized spacial score (nSPS) is 12.8. The molecule has 0 fully saturated rings. The molecule has 0 radical (unpaired) electrons. The van der Waals surface area contributed by atoms with E-state index in [-0.39, 0.29) is 5.41 Å². The van der Waals surface area contributed by atoms with Gasteiger partial charge in [0.1, 0.15) is 0 Å². The summed E-state index contributed by atoms with van der Waals surface area (Å²) in [6.07, 6.45) is 0. The maximum atomic E-state index is 10.1. The van der Waals surface area contributed by atoms with Crippen LogP contribution in [0.4, 0.5) is 0 Å². The van der Waals surface area contributed by atoms with Gasteiger partial charge in [0.15, 0.2) is 5.82 Å². The van der Waals surface area contributed by atoms with Gasteiger partial charge < -0.3 is 0 Å². The molecule has 6 aromatic carbocycles. The predicted octanol–water partition coefficient (Wildman–Crippen LogP) is 10.5. The van der Waals surface area contributed by atoms with E-state index in [1.54, 1.807) is 0 Å². The Kier molecular flexibility index (Phi) is 6.18. The van der Waals surface area contributed by atoms with E-state index in [1.807, 2.05) is 30.3 Å². The summed E-state index contributed by atoms with van der Waals surface area (Å²) in [5.41, 5.74) is 12.2. The summed E-state index contributed by atoms with van der Waals surface area (Å²) in [6.45, 7) is 4.50. The molecule has 0 spiro atoms. The van der Waals surface area contributed by atoms with Crippen molar-refractivity contribution in [3.63, 3.8) is 0 Å². The Morgan fingerprint density at radius 2 is 1.13 bits per heavy atom. The van der Waals surface area contributed by atoms with Crippen LogP contribution in [0, 0.1) is 11.3 Å². The van der Waals surface area contributed by atoms with E-state index in [1.165, 1.54) is 11.1 Å². The molecule has 3 nitrogen and oxygen atoms in total. The molecule has 0 saturated carbocycles. The maximum Gasteiger partial charge on any atom is 0.161 e. The largest absolute Gasteiger partial charge is 0.228 e. The Morgan fingerprint density at radius 1 is 0.533 bits per heavy atom. The van der Waals surface area contributed by atoms with Crippen molar-refractivity contribution in [3.8, 4) is 62.2 Å². The lowest BCUT2D eigenvalue weighted by molar-refractivity contribution is 0.660. The van der Waals surface area contributed by atoms with Crippen LogP contribution in [-0.2, 0) is 5.41 Å². The Balaban J connectivity index is 1.33. The van der Waals surface area contributed by atoms with E-state index in [0.717, 1.165) is 61.1 Å². The van der Waals surface area contributed by atoms with Gasteiger partial charge in [0, 0.05) is 27.7 Å². The fraction of sp³-hybridized carbons (Fsp3) is 0.0714. The standard InChI is InChI=1S/C42H29N3/c1-42(2)35-22-10-18-31(26-43)39(35)40-33(20-11-23-36(40)42)29-16-8-17-30(24-29)38-25-37(28-13-4-3-5-14-28)44-41(45-38)34-21-9-15-27-12-6-7-19-32(27)34/h3-25H,1-2H3. The van der Waals surface area contributed by atoms with Crippen LogP contribution < -0.4 is 0 Å². The Hall–Kier alpha value is -5.85. The number of nitrogens with zero attached hydrogens (tertiary/aromatic N) is 3. The van der Waals surface area contributed by atoms with Crippen molar-refractivity contribution in [2.45, 2.75) is 19.3 Å². The lowest BCUT2D eigenvalue weighted by Gasteiger charge is -2.21. The number of benzene rings is 6. The second-order valence-corrected chi connectivity index (χ2v) is 12.1. The number of fused-ring (bicyclic) bond motifs is 4. The van der Waals surface area contributed by atoms with Crippen molar-refractivity contribution in [1.82, 2.24) is 9.97 Å². The molecule has 0 bridgehead atoms. The van der Waals surface area contributed by atoms with Gasteiger partial charge in [-0.25, -0.2) is 9.97 Å². The van der Waals surface area contributed by atoms with E-state index in [4.69, 9.17) is 9.97 Å². The second kappa shape index (κ2) is 10.4. The van der Waals surface area contributed by atoms with Crippen LogP contribution in [0.25, 0.3) is 66.9 Å². The molecule has 0 N–H and O–H groups in total. The summed E-state index contributed by atoms with van der Waals surface area (Å²) in [6, 6.07) is 50.7. The summed E-state index contributed by atoms with van der Waals surface area (Å²) in [4.78, 5) is 10.3. The van der Waals surface area contributed by atoms with Gasteiger partial charge in [0.05, 0.1) is 23.0 Å². The molecule has 8 rings (SSSR count). The van der Waals surface area contributed by atoms with Crippen LogP contribution in [0.15, 0.2) is 140 Å². The van der Waals surface area contributed by atoms with Crippen LogP contribution in [0.5, 0.6) is 0 Å². The topological polar surface area (TPSA) is 49.6 Å². The minimum Gasteiger partial charge on any atom is -0.228 e. The van der Waals surface area contributed by atoms with Crippen LogP contribution in [0.2, 0.25) is 0 Å². The molecule has 7 aromatic rings. The van der Waals surface area contributed by atoms with Crippen molar-refractivity contribution >= 4 is 10.8 Å². The van der Waals surface area contributed by atoms with Crippen molar-refractivity contribution < 1.29 is 0 Å². The number of rotatable bonds is 4. The van der Waals surface area contributed by atoms with Gasteiger partial charge in [-0.1, -0.05) is 135 Å². The third-order valence-electron chi connectivity index (χ3n) is 9.14. The zero-order chi connectivity index (χ0) is 30.5. The molecular formula is C42H29N3. The predicted molar refractivity (Wildman–Crippen MR) is 184 cm³/mol. The number of aromatic nitrogens is 2. The maximum absolute atomic E-state index is 10.1. The third kappa shape index (κ3) is 4.34. The molecule has 212 valence electrons. The number of nitriles is 1. The lowest BCUT2D eigenvalue weighted by atomic mass is 9.82. The van der Waals surface area contributed by atoms with Gasteiger partial charge >= 0.3 is 0 Å². The van der Waals surface area contributed by atoms with Crippen LogP contribution >= 0.6 is 0 Å². The number of hydrogen-bond donors (Lipinski definition) is 0. The average molecular weight is 576 g/mol. The molecule has 0 unspecified atom stereocenters. The molecule has 1 aliphatic carbocycles.